The maximum absolute atomic E-state index is 13.3. The first-order valence-corrected chi connectivity index (χ1v) is 8.70. The third-order valence-electron chi connectivity index (χ3n) is 4.84. The van der Waals surface area contributed by atoms with Gasteiger partial charge in [-0.3, -0.25) is 4.79 Å². The quantitative estimate of drug-likeness (QED) is 0.752. The molecule has 1 aromatic carbocycles. The van der Waals surface area contributed by atoms with Crippen molar-refractivity contribution in [1.82, 2.24) is 19.8 Å². The van der Waals surface area contributed by atoms with Gasteiger partial charge in [-0.2, -0.15) is 0 Å². The zero-order chi connectivity index (χ0) is 19.1. The van der Waals surface area contributed by atoms with E-state index in [0.717, 1.165) is 0 Å². The Morgan fingerprint density at radius 3 is 3.00 bits per heavy atom. The molecule has 7 nitrogen and oxygen atoms in total. The van der Waals surface area contributed by atoms with Gasteiger partial charge in [0.2, 0.25) is 0 Å². The number of benzene rings is 1. The highest BCUT2D eigenvalue weighted by Gasteiger charge is 2.25. The predicted molar refractivity (Wildman–Crippen MR) is 96.7 cm³/mol. The molecular formula is C19H19FN4O3. The van der Waals surface area contributed by atoms with E-state index < -0.39 is 0 Å². The summed E-state index contributed by atoms with van der Waals surface area (Å²) >= 11 is 0. The normalized spacial score (nSPS) is 14.9. The van der Waals surface area contributed by atoms with Gasteiger partial charge in [-0.25, -0.2) is 14.2 Å². The number of amides is 2. The molecule has 1 aliphatic rings. The van der Waals surface area contributed by atoms with Crippen molar-refractivity contribution in [1.29, 1.82) is 0 Å². The fraction of sp³-hybridized carbons (Fsp3) is 0.316. The number of aromatic nitrogens is 2. The van der Waals surface area contributed by atoms with Crippen LogP contribution in [0.25, 0.3) is 11.0 Å². The summed E-state index contributed by atoms with van der Waals surface area (Å²) in [7, 11) is 1.66. The SMILES string of the molecule is CC(NC(=O)N1CCc2c(ncn(C)c2=O)C1)c1cc2cc(F)ccc2o1. The van der Waals surface area contributed by atoms with Gasteiger partial charge in [0, 0.05) is 24.5 Å². The summed E-state index contributed by atoms with van der Waals surface area (Å²) in [6.07, 6.45) is 1.94. The Labute approximate surface area is 154 Å². The molecule has 0 fully saturated rings. The molecule has 1 atom stereocenters. The van der Waals surface area contributed by atoms with Crippen LogP contribution in [0.2, 0.25) is 0 Å². The second kappa shape index (κ2) is 6.53. The van der Waals surface area contributed by atoms with Gasteiger partial charge >= 0.3 is 6.03 Å². The van der Waals surface area contributed by atoms with E-state index in [4.69, 9.17) is 4.42 Å². The molecule has 0 saturated heterocycles. The molecule has 140 valence electrons. The molecule has 2 aromatic heterocycles. The largest absolute Gasteiger partial charge is 0.459 e. The fourth-order valence-electron chi connectivity index (χ4n) is 3.29. The standard InChI is InChI=1S/C19H19FN4O3/c1-11(17-8-12-7-13(20)3-4-16(12)27-17)22-19(26)24-6-5-14-15(9-24)21-10-23(2)18(14)25/h3-4,7-8,10-11H,5-6,9H2,1-2H3,(H,22,26). The number of hydrogen-bond acceptors (Lipinski definition) is 4. The first-order chi connectivity index (χ1) is 12.9. The molecular weight excluding hydrogens is 351 g/mol. The molecule has 3 heterocycles. The van der Waals surface area contributed by atoms with Gasteiger partial charge in [0.15, 0.2) is 0 Å². The molecule has 2 amide bonds. The van der Waals surface area contributed by atoms with Crippen LogP contribution in [0.4, 0.5) is 9.18 Å². The first kappa shape index (κ1) is 17.3. The van der Waals surface area contributed by atoms with E-state index in [1.54, 1.807) is 31.0 Å². The van der Waals surface area contributed by atoms with Gasteiger partial charge < -0.3 is 19.2 Å². The number of fused-ring (bicyclic) bond motifs is 2. The number of nitrogens with zero attached hydrogens (tertiary/aromatic N) is 3. The first-order valence-electron chi connectivity index (χ1n) is 8.70. The number of carbonyl (C=O) groups excluding carboxylic acids is 1. The Balaban J connectivity index is 1.48. The summed E-state index contributed by atoms with van der Waals surface area (Å²) in [5, 5.41) is 3.54. The Hall–Kier alpha value is -3.16. The summed E-state index contributed by atoms with van der Waals surface area (Å²) in [6, 6.07) is 5.37. The second-order valence-corrected chi connectivity index (χ2v) is 6.76. The van der Waals surface area contributed by atoms with Crippen LogP contribution in [-0.2, 0) is 20.0 Å². The van der Waals surface area contributed by atoms with Crippen LogP contribution >= 0.6 is 0 Å². The summed E-state index contributed by atoms with van der Waals surface area (Å²) in [5.41, 5.74) is 1.80. The maximum Gasteiger partial charge on any atom is 0.318 e. The molecule has 0 saturated carbocycles. The summed E-state index contributed by atoms with van der Waals surface area (Å²) in [4.78, 5) is 30.6. The third-order valence-corrected chi connectivity index (χ3v) is 4.84. The number of rotatable bonds is 2. The van der Waals surface area contributed by atoms with Gasteiger partial charge in [0.25, 0.3) is 5.56 Å². The summed E-state index contributed by atoms with van der Waals surface area (Å²) in [6.45, 7) is 2.53. The molecule has 8 heteroatoms. The molecule has 0 spiro atoms. The highest BCUT2D eigenvalue weighted by molar-refractivity contribution is 5.79. The van der Waals surface area contributed by atoms with Crippen molar-refractivity contribution < 1.29 is 13.6 Å². The van der Waals surface area contributed by atoms with Crippen LogP contribution in [-0.4, -0.2) is 27.0 Å². The average molecular weight is 370 g/mol. The fourth-order valence-corrected chi connectivity index (χ4v) is 3.29. The molecule has 0 aliphatic carbocycles. The molecule has 4 rings (SSSR count). The number of furan rings is 1. The Bertz CT molecular complexity index is 1090. The van der Waals surface area contributed by atoms with Crippen molar-refractivity contribution in [3.05, 3.63) is 63.8 Å². The van der Waals surface area contributed by atoms with Crippen molar-refractivity contribution in [3.63, 3.8) is 0 Å². The van der Waals surface area contributed by atoms with Crippen LogP contribution in [0.5, 0.6) is 0 Å². The van der Waals surface area contributed by atoms with Crippen molar-refractivity contribution in [3.8, 4) is 0 Å². The predicted octanol–water partition coefficient (Wildman–Crippen LogP) is 2.49. The number of nitrogens with one attached hydrogen (secondary N) is 1. The molecule has 27 heavy (non-hydrogen) atoms. The van der Waals surface area contributed by atoms with E-state index in [1.165, 1.54) is 23.0 Å². The number of urea groups is 1. The van der Waals surface area contributed by atoms with Gasteiger partial charge in [0.05, 0.1) is 24.6 Å². The molecule has 0 bridgehead atoms. The maximum atomic E-state index is 13.3. The van der Waals surface area contributed by atoms with E-state index in [-0.39, 0.29) is 30.0 Å². The molecule has 1 unspecified atom stereocenters. The van der Waals surface area contributed by atoms with Crippen molar-refractivity contribution in [2.24, 2.45) is 7.05 Å². The third kappa shape index (κ3) is 3.18. The van der Waals surface area contributed by atoms with Gasteiger partial charge in [-0.15, -0.1) is 0 Å². The van der Waals surface area contributed by atoms with Crippen molar-refractivity contribution >= 4 is 17.0 Å². The number of halogens is 1. The summed E-state index contributed by atoms with van der Waals surface area (Å²) < 4.78 is 20.5. The van der Waals surface area contributed by atoms with Crippen LogP contribution in [0.15, 0.2) is 39.8 Å². The monoisotopic (exact) mass is 370 g/mol. The van der Waals surface area contributed by atoms with E-state index in [9.17, 15) is 14.0 Å². The minimum Gasteiger partial charge on any atom is -0.459 e. The Morgan fingerprint density at radius 1 is 1.37 bits per heavy atom. The highest BCUT2D eigenvalue weighted by atomic mass is 19.1. The molecule has 0 radical (unpaired) electrons. The Morgan fingerprint density at radius 2 is 2.19 bits per heavy atom. The minimum atomic E-state index is -0.383. The molecule has 1 aliphatic heterocycles. The van der Waals surface area contributed by atoms with E-state index >= 15 is 0 Å². The van der Waals surface area contributed by atoms with Crippen LogP contribution in [0, 0.1) is 5.82 Å². The smallest absolute Gasteiger partial charge is 0.318 e. The second-order valence-electron chi connectivity index (χ2n) is 6.76. The van der Waals surface area contributed by atoms with Crippen LogP contribution in [0.3, 0.4) is 0 Å². The van der Waals surface area contributed by atoms with Gasteiger partial charge in [-0.05, 0) is 37.6 Å². The van der Waals surface area contributed by atoms with Crippen molar-refractivity contribution in [2.45, 2.75) is 25.9 Å². The number of carbonyl (C=O) groups is 1. The lowest BCUT2D eigenvalue weighted by Crippen LogP contribution is -2.45. The lowest BCUT2D eigenvalue weighted by atomic mass is 10.1. The van der Waals surface area contributed by atoms with E-state index in [1.807, 2.05) is 0 Å². The van der Waals surface area contributed by atoms with Gasteiger partial charge in [0.1, 0.15) is 17.2 Å². The van der Waals surface area contributed by atoms with E-state index in [2.05, 4.69) is 10.3 Å². The zero-order valence-electron chi connectivity index (χ0n) is 15.0. The van der Waals surface area contributed by atoms with Gasteiger partial charge in [-0.1, -0.05) is 0 Å². The average Bonchev–Trinajstić information content (AvgIpc) is 3.07. The number of hydrogen-bond donors (Lipinski definition) is 1. The van der Waals surface area contributed by atoms with Crippen LogP contribution in [0.1, 0.15) is 30.0 Å². The highest BCUT2D eigenvalue weighted by Crippen LogP contribution is 2.25. The Kier molecular flexibility index (Phi) is 4.18. The summed E-state index contributed by atoms with van der Waals surface area (Å²) in [5.74, 6) is 0.213. The zero-order valence-corrected chi connectivity index (χ0v) is 15.0. The lowest BCUT2D eigenvalue weighted by Gasteiger charge is -2.29. The number of aryl methyl sites for hydroxylation is 1. The minimum absolute atomic E-state index is 0.0667. The molecule has 3 aromatic rings. The topological polar surface area (TPSA) is 80.4 Å². The van der Waals surface area contributed by atoms with Crippen LogP contribution < -0.4 is 10.9 Å². The lowest BCUT2D eigenvalue weighted by molar-refractivity contribution is 0.186. The molecule has 1 N–H and O–H groups in total. The van der Waals surface area contributed by atoms with Crippen molar-refractivity contribution in [2.75, 3.05) is 6.54 Å². The van der Waals surface area contributed by atoms with E-state index in [0.29, 0.717) is 41.0 Å².